The summed E-state index contributed by atoms with van der Waals surface area (Å²) in [6.45, 7) is 2.63. The van der Waals surface area contributed by atoms with Crippen LogP contribution in [0.4, 0.5) is 0 Å². The maximum Gasteiger partial charge on any atom is 0.270 e. The van der Waals surface area contributed by atoms with Crippen LogP contribution in [0.3, 0.4) is 0 Å². The van der Waals surface area contributed by atoms with E-state index in [4.69, 9.17) is 11.6 Å². The van der Waals surface area contributed by atoms with Crippen LogP contribution in [0.15, 0.2) is 48.7 Å². The Morgan fingerprint density at radius 2 is 2.04 bits per heavy atom. The van der Waals surface area contributed by atoms with E-state index in [1.165, 1.54) is 0 Å². The number of aromatic nitrogens is 3. The van der Waals surface area contributed by atoms with E-state index >= 15 is 0 Å². The molecule has 3 rings (SSSR count). The van der Waals surface area contributed by atoms with Crippen LogP contribution in [-0.2, 0) is 7.05 Å². The molecule has 0 saturated heterocycles. The van der Waals surface area contributed by atoms with Gasteiger partial charge in [0.25, 0.3) is 5.91 Å². The Balaban J connectivity index is 2.12. The maximum atomic E-state index is 12.6. The number of nitrogens with one attached hydrogen (secondary N) is 1. The highest BCUT2D eigenvalue weighted by Gasteiger charge is 2.19. The zero-order valence-electron chi connectivity index (χ0n) is 13.7. The third-order valence-corrected chi connectivity index (χ3v) is 4.08. The number of para-hydroxylation sites is 1. The van der Waals surface area contributed by atoms with E-state index < -0.39 is 0 Å². The molecule has 6 heteroatoms. The van der Waals surface area contributed by atoms with Crippen LogP contribution in [0, 0.1) is 0 Å². The fraction of sp³-hybridized carbons (Fsp3) is 0.222. The normalized spacial score (nSPS) is 10.8. The number of carbonyl (C=O) groups is 1. The summed E-state index contributed by atoms with van der Waals surface area (Å²) in [6, 6.07) is 13.1. The molecular formula is C18H19ClN4O. The summed E-state index contributed by atoms with van der Waals surface area (Å²) in [4.78, 5) is 12.6. The van der Waals surface area contributed by atoms with Crippen molar-refractivity contribution in [3.05, 3.63) is 59.4 Å². The number of aryl methyl sites for hydroxylation is 1. The van der Waals surface area contributed by atoms with Gasteiger partial charge in [0, 0.05) is 19.8 Å². The topological polar surface area (TPSA) is 51.9 Å². The fourth-order valence-corrected chi connectivity index (χ4v) is 2.75. The Labute approximate surface area is 145 Å². The summed E-state index contributed by atoms with van der Waals surface area (Å²) in [7, 11) is 1.95. The molecule has 0 spiro atoms. The van der Waals surface area contributed by atoms with Gasteiger partial charge in [-0.15, -0.1) is 0 Å². The number of rotatable bonds is 5. The predicted molar refractivity (Wildman–Crippen MR) is 95.6 cm³/mol. The molecule has 0 bridgehead atoms. The molecule has 1 N–H and O–H groups in total. The van der Waals surface area contributed by atoms with Crippen LogP contribution in [0.1, 0.15) is 23.8 Å². The van der Waals surface area contributed by atoms with Gasteiger partial charge in [0.15, 0.2) is 0 Å². The second-order valence-electron chi connectivity index (χ2n) is 5.54. The minimum absolute atomic E-state index is 0.162. The van der Waals surface area contributed by atoms with Crippen LogP contribution in [0.2, 0.25) is 5.02 Å². The molecule has 0 aliphatic carbocycles. The average Bonchev–Trinajstić information content (AvgIpc) is 3.19. The summed E-state index contributed by atoms with van der Waals surface area (Å²) in [5.74, 6) is -0.162. The zero-order valence-corrected chi connectivity index (χ0v) is 14.4. The molecule has 2 heterocycles. The van der Waals surface area contributed by atoms with E-state index in [1.54, 1.807) is 16.8 Å². The smallest absolute Gasteiger partial charge is 0.270 e. The molecule has 0 atom stereocenters. The van der Waals surface area contributed by atoms with Gasteiger partial charge in [-0.2, -0.15) is 5.10 Å². The SMILES string of the molecule is CCCNC(=O)c1cc(-c2cccn2C)nn1-c1ccccc1Cl. The van der Waals surface area contributed by atoms with Crippen molar-refractivity contribution < 1.29 is 4.79 Å². The summed E-state index contributed by atoms with van der Waals surface area (Å²) < 4.78 is 3.57. The molecule has 5 nitrogen and oxygen atoms in total. The predicted octanol–water partition coefficient (Wildman–Crippen LogP) is 3.67. The van der Waals surface area contributed by atoms with Crippen molar-refractivity contribution in [1.29, 1.82) is 0 Å². The quantitative estimate of drug-likeness (QED) is 0.769. The van der Waals surface area contributed by atoms with Gasteiger partial charge in [0.2, 0.25) is 0 Å². The molecule has 0 unspecified atom stereocenters. The van der Waals surface area contributed by atoms with Gasteiger partial charge >= 0.3 is 0 Å². The van der Waals surface area contributed by atoms with Crippen molar-refractivity contribution in [2.75, 3.05) is 6.54 Å². The van der Waals surface area contributed by atoms with Crippen LogP contribution in [0.25, 0.3) is 17.1 Å². The number of nitrogens with zero attached hydrogens (tertiary/aromatic N) is 3. The van der Waals surface area contributed by atoms with E-state index in [2.05, 4.69) is 10.4 Å². The number of benzene rings is 1. The van der Waals surface area contributed by atoms with Crippen LogP contribution < -0.4 is 5.32 Å². The van der Waals surface area contributed by atoms with E-state index in [9.17, 15) is 4.79 Å². The fourth-order valence-electron chi connectivity index (χ4n) is 2.53. The summed E-state index contributed by atoms with van der Waals surface area (Å²) in [5.41, 5.74) is 2.81. The molecule has 0 fully saturated rings. The lowest BCUT2D eigenvalue weighted by atomic mass is 10.2. The minimum Gasteiger partial charge on any atom is -0.351 e. The van der Waals surface area contributed by atoms with Crippen molar-refractivity contribution >= 4 is 17.5 Å². The second-order valence-corrected chi connectivity index (χ2v) is 5.95. The molecule has 1 aromatic carbocycles. The first-order chi connectivity index (χ1) is 11.6. The third-order valence-electron chi connectivity index (χ3n) is 3.76. The highest BCUT2D eigenvalue weighted by molar-refractivity contribution is 6.32. The number of hydrogen-bond acceptors (Lipinski definition) is 2. The number of hydrogen-bond donors (Lipinski definition) is 1. The van der Waals surface area contributed by atoms with E-state index in [0.717, 1.165) is 17.8 Å². The minimum atomic E-state index is -0.162. The molecule has 0 saturated carbocycles. The van der Waals surface area contributed by atoms with Gasteiger partial charge in [-0.1, -0.05) is 30.7 Å². The average molecular weight is 343 g/mol. The molecule has 1 amide bonds. The highest BCUT2D eigenvalue weighted by atomic mass is 35.5. The first-order valence-electron chi connectivity index (χ1n) is 7.86. The number of carbonyl (C=O) groups excluding carboxylic acids is 1. The summed E-state index contributed by atoms with van der Waals surface area (Å²) >= 11 is 6.31. The van der Waals surface area contributed by atoms with Gasteiger partial charge in [-0.3, -0.25) is 4.79 Å². The maximum absolute atomic E-state index is 12.6. The first kappa shape index (κ1) is 16.3. The van der Waals surface area contributed by atoms with Gasteiger partial charge in [-0.25, -0.2) is 4.68 Å². The lowest BCUT2D eigenvalue weighted by Gasteiger charge is -2.09. The molecule has 0 radical (unpaired) electrons. The second kappa shape index (κ2) is 6.93. The van der Waals surface area contributed by atoms with Crippen LogP contribution in [0.5, 0.6) is 0 Å². The van der Waals surface area contributed by atoms with Crippen molar-refractivity contribution in [2.24, 2.45) is 7.05 Å². The van der Waals surface area contributed by atoms with Gasteiger partial charge in [0.1, 0.15) is 11.4 Å². The molecule has 3 aromatic rings. The lowest BCUT2D eigenvalue weighted by Crippen LogP contribution is -2.26. The van der Waals surface area contributed by atoms with E-state index in [0.29, 0.717) is 22.9 Å². The van der Waals surface area contributed by atoms with Crippen LogP contribution in [-0.4, -0.2) is 26.8 Å². The van der Waals surface area contributed by atoms with E-state index in [1.807, 2.05) is 55.1 Å². The monoisotopic (exact) mass is 342 g/mol. The molecule has 124 valence electrons. The number of amides is 1. The van der Waals surface area contributed by atoms with Crippen LogP contribution >= 0.6 is 11.6 Å². The van der Waals surface area contributed by atoms with Crippen molar-refractivity contribution in [3.8, 4) is 17.1 Å². The summed E-state index contributed by atoms with van der Waals surface area (Å²) in [5, 5.41) is 8.07. The van der Waals surface area contributed by atoms with E-state index in [-0.39, 0.29) is 5.91 Å². The highest BCUT2D eigenvalue weighted by Crippen LogP contribution is 2.25. The Morgan fingerprint density at radius 3 is 2.71 bits per heavy atom. The Hall–Kier alpha value is -2.53. The lowest BCUT2D eigenvalue weighted by molar-refractivity contribution is 0.0946. The van der Waals surface area contributed by atoms with Crippen molar-refractivity contribution in [1.82, 2.24) is 19.7 Å². The third kappa shape index (κ3) is 3.08. The number of halogens is 1. The molecule has 0 aliphatic heterocycles. The first-order valence-corrected chi connectivity index (χ1v) is 8.24. The van der Waals surface area contributed by atoms with Crippen molar-refractivity contribution in [2.45, 2.75) is 13.3 Å². The standard InChI is InChI=1S/C18H19ClN4O/c1-3-10-20-18(24)17-12-14(16-9-6-11-22(16)2)21-23(17)15-8-5-4-7-13(15)19/h4-9,11-12H,3,10H2,1-2H3,(H,20,24). The Bertz CT molecular complexity index is 866. The van der Waals surface area contributed by atoms with Crippen molar-refractivity contribution in [3.63, 3.8) is 0 Å². The molecular weight excluding hydrogens is 324 g/mol. The van der Waals surface area contributed by atoms with Gasteiger partial charge < -0.3 is 9.88 Å². The zero-order chi connectivity index (χ0) is 17.1. The van der Waals surface area contributed by atoms with Gasteiger partial charge in [0.05, 0.1) is 16.4 Å². The molecule has 2 aromatic heterocycles. The largest absolute Gasteiger partial charge is 0.351 e. The Morgan fingerprint density at radius 1 is 1.25 bits per heavy atom. The van der Waals surface area contributed by atoms with Gasteiger partial charge in [-0.05, 0) is 36.8 Å². The Kier molecular flexibility index (Phi) is 4.71. The summed E-state index contributed by atoms with van der Waals surface area (Å²) in [6.07, 6.45) is 2.82. The molecule has 0 aliphatic rings. The molecule has 24 heavy (non-hydrogen) atoms.